The first-order valence-electron chi connectivity index (χ1n) is 1.75. The molecule has 0 amide bonds. The van der Waals surface area contributed by atoms with Gasteiger partial charge in [-0.2, -0.15) is 0 Å². The van der Waals surface area contributed by atoms with Crippen LogP contribution in [0, 0.1) is 0 Å². The predicted molar refractivity (Wildman–Crippen MR) is 32.9 cm³/mol. The molecule has 0 unspecified atom stereocenters. The highest BCUT2D eigenvalue weighted by Crippen LogP contribution is 2.02. The van der Waals surface area contributed by atoms with E-state index in [1.165, 1.54) is 0 Å². The first kappa shape index (κ1) is 5.96. The molecule has 0 spiro atoms. The molecule has 0 aliphatic carbocycles. The molecule has 1 heteroatoms. The Bertz CT molecular complexity index is 72.0. The third-order valence-corrected chi connectivity index (χ3v) is 1.25. The highest BCUT2D eigenvalue weighted by molar-refractivity contribution is 9.11. The SMILES string of the molecule is C=C/C(Br)=C\C. The topological polar surface area (TPSA) is 0 Å². The van der Waals surface area contributed by atoms with Gasteiger partial charge in [-0.15, -0.1) is 0 Å². The molecule has 0 bridgehead atoms. The van der Waals surface area contributed by atoms with E-state index in [0.29, 0.717) is 0 Å². The molecule has 0 N–H and O–H groups in total. The molecule has 34 valence electrons. The molecule has 0 fully saturated rings. The van der Waals surface area contributed by atoms with Gasteiger partial charge in [0, 0.05) is 4.48 Å². The average Bonchev–Trinajstić information content (AvgIpc) is 1.65. The Balaban J connectivity index is 3.50. The van der Waals surface area contributed by atoms with Gasteiger partial charge >= 0.3 is 0 Å². The van der Waals surface area contributed by atoms with Crippen molar-refractivity contribution in [3.05, 3.63) is 23.2 Å². The van der Waals surface area contributed by atoms with Crippen molar-refractivity contribution in [2.75, 3.05) is 0 Å². The van der Waals surface area contributed by atoms with E-state index < -0.39 is 0 Å². The van der Waals surface area contributed by atoms with Crippen molar-refractivity contribution in [2.24, 2.45) is 0 Å². The number of halogens is 1. The van der Waals surface area contributed by atoms with Crippen LogP contribution in [0.4, 0.5) is 0 Å². The third kappa shape index (κ3) is 2.21. The van der Waals surface area contributed by atoms with Gasteiger partial charge in [-0.1, -0.05) is 34.7 Å². The highest BCUT2D eigenvalue weighted by Gasteiger charge is 1.69. The van der Waals surface area contributed by atoms with Crippen LogP contribution < -0.4 is 0 Å². The van der Waals surface area contributed by atoms with Crippen LogP contribution in [0.25, 0.3) is 0 Å². The van der Waals surface area contributed by atoms with E-state index in [1.807, 2.05) is 13.0 Å². The summed E-state index contributed by atoms with van der Waals surface area (Å²) in [6, 6.07) is 0. The lowest BCUT2D eigenvalue weighted by Crippen LogP contribution is -1.49. The quantitative estimate of drug-likeness (QED) is 0.499. The Morgan fingerprint density at radius 3 is 2.33 bits per heavy atom. The summed E-state index contributed by atoms with van der Waals surface area (Å²) in [5, 5.41) is 0. The Hall–Kier alpha value is -0.0400. The van der Waals surface area contributed by atoms with Crippen molar-refractivity contribution in [2.45, 2.75) is 6.92 Å². The standard InChI is InChI=1S/C5H7Br/c1-3-5(6)4-2/h3-4H,1H2,2H3/b5-4+. The molecule has 0 saturated carbocycles. The molecule has 0 atom stereocenters. The lowest BCUT2D eigenvalue weighted by Gasteiger charge is -1.75. The van der Waals surface area contributed by atoms with E-state index in [4.69, 9.17) is 0 Å². The van der Waals surface area contributed by atoms with E-state index in [9.17, 15) is 0 Å². The van der Waals surface area contributed by atoms with E-state index in [-0.39, 0.29) is 0 Å². The minimum atomic E-state index is 1.04. The van der Waals surface area contributed by atoms with Crippen LogP contribution in [-0.4, -0.2) is 0 Å². The molecule has 0 aromatic rings. The summed E-state index contributed by atoms with van der Waals surface area (Å²) in [6.45, 7) is 5.47. The minimum Gasteiger partial charge on any atom is -0.0980 e. The molecule has 0 aromatic heterocycles. The van der Waals surface area contributed by atoms with Gasteiger partial charge in [0.25, 0.3) is 0 Å². The molecule has 6 heavy (non-hydrogen) atoms. The largest absolute Gasteiger partial charge is 0.0980 e. The number of hydrogen-bond donors (Lipinski definition) is 0. The summed E-state index contributed by atoms with van der Waals surface area (Å²) in [7, 11) is 0. The second kappa shape index (κ2) is 3.16. The van der Waals surface area contributed by atoms with Crippen molar-refractivity contribution < 1.29 is 0 Å². The van der Waals surface area contributed by atoms with Gasteiger partial charge in [0.15, 0.2) is 0 Å². The lowest BCUT2D eigenvalue weighted by atomic mass is 10.5. The van der Waals surface area contributed by atoms with Gasteiger partial charge in [0.05, 0.1) is 0 Å². The fourth-order valence-corrected chi connectivity index (χ4v) is 0.118. The summed E-state index contributed by atoms with van der Waals surface area (Å²) in [5.41, 5.74) is 0. The molecule has 0 heterocycles. The van der Waals surface area contributed by atoms with Crippen LogP contribution in [0.2, 0.25) is 0 Å². The molecule has 0 aliphatic heterocycles. The molecular weight excluding hydrogens is 140 g/mol. The maximum atomic E-state index is 3.52. The lowest BCUT2D eigenvalue weighted by molar-refractivity contribution is 1.72. The summed E-state index contributed by atoms with van der Waals surface area (Å²) in [6.07, 6.45) is 3.69. The fourth-order valence-electron chi connectivity index (χ4n) is 0.118. The van der Waals surface area contributed by atoms with Crippen LogP contribution in [0.15, 0.2) is 23.2 Å². The number of hydrogen-bond acceptors (Lipinski definition) is 0. The van der Waals surface area contributed by atoms with Gasteiger partial charge in [-0.3, -0.25) is 0 Å². The Morgan fingerprint density at radius 1 is 1.83 bits per heavy atom. The molecular formula is C5H7Br. The maximum absolute atomic E-state index is 3.52. The third-order valence-electron chi connectivity index (χ3n) is 0.471. The molecule has 0 nitrogen and oxygen atoms in total. The highest BCUT2D eigenvalue weighted by atomic mass is 79.9. The van der Waals surface area contributed by atoms with Crippen LogP contribution in [0.1, 0.15) is 6.92 Å². The van der Waals surface area contributed by atoms with Crippen molar-refractivity contribution in [3.8, 4) is 0 Å². The Morgan fingerprint density at radius 2 is 2.33 bits per heavy atom. The predicted octanol–water partition coefficient (Wildman–Crippen LogP) is 2.47. The van der Waals surface area contributed by atoms with Crippen molar-refractivity contribution in [1.29, 1.82) is 0 Å². The van der Waals surface area contributed by atoms with Crippen molar-refractivity contribution in [1.82, 2.24) is 0 Å². The summed E-state index contributed by atoms with van der Waals surface area (Å²) in [4.78, 5) is 0. The second-order valence-electron chi connectivity index (χ2n) is 0.878. The zero-order valence-corrected chi connectivity index (χ0v) is 5.33. The van der Waals surface area contributed by atoms with Crippen molar-refractivity contribution in [3.63, 3.8) is 0 Å². The number of rotatable bonds is 1. The average molecular weight is 147 g/mol. The van der Waals surface area contributed by atoms with Gasteiger partial charge in [0.1, 0.15) is 0 Å². The van der Waals surface area contributed by atoms with Gasteiger partial charge in [-0.05, 0) is 6.92 Å². The second-order valence-corrected chi connectivity index (χ2v) is 1.79. The normalized spacial score (nSPS) is 11.3. The summed E-state index contributed by atoms with van der Waals surface area (Å²) >= 11 is 3.22. The molecule has 0 saturated heterocycles. The van der Waals surface area contributed by atoms with E-state index in [2.05, 4.69) is 22.5 Å². The first-order valence-corrected chi connectivity index (χ1v) is 2.54. The smallest absolute Gasteiger partial charge is 0.0126 e. The zero-order valence-electron chi connectivity index (χ0n) is 3.74. The van der Waals surface area contributed by atoms with Gasteiger partial charge in [-0.25, -0.2) is 0 Å². The van der Waals surface area contributed by atoms with Crippen molar-refractivity contribution >= 4 is 15.9 Å². The summed E-state index contributed by atoms with van der Waals surface area (Å²) < 4.78 is 1.04. The van der Waals surface area contributed by atoms with E-state index in [0.717, 1.165) is 4.48 Å². The fraction of sp³-hybridized carbons (Fsp3) is 0.200. The van der Waals surface area contributed by atoms with Crippen LogP contribution in [-0.2, 0) is 0 Å². The van der Waals surface area contributed by atoms with E-state index >= 15 is 0 Å². The van der Waals surface area contributed by atoms with Crippen LogP contribution in [0.3, 0.4) is 0 Å². The Labute approximate surface area is 46.7 Å². The van der Waals surface area contributed by atoms with Gasteiger partial charge < -0.3 is 0 Å². The van der Waals surface area contributed by atoms with Crippen LogP contribution in [0.5, 0.6) is 0 Å². The molecule has 0 radical (unpaired) electrons. The molecule has 0 rings (SSSR count). The Kier molecular flexibility index (Phi) is 3.14. The minimum absolute atomic E-state index is 1.04. The van der Waals surface area contributed by atoms with Gasteiger partial charge in [0.2, 0.25) is 0 Å². The summed E-state index contributed by atoms with van der Waals surface area (Å²) in [5.74, 6) is 0. The first-order chi connectivity index (χ1) is 2.81. The monoisotopic (exact) mass is 146 g/mol. The van der Waals surface area contributed by atoms with Crippen LogP contribution >= 0.6 is 15.9 Å². The number of allylic oxidation sites excluding steroid dienone is 3. The molecule has 0 aromatic carbocycles. The zero-order chi connectivity index (χ0) is 4.99. The van der Waals surface area contributed by atoms with E-state index in [1.54, 1.807) is 6.08 Å². The molecule has 0 aliphatic rings. The maximum Gasteiger partial charge on any atom is 0.0126 e.